The Labute approximate surface area is 141 Å². The molecule has 0 radical (unpaired) electrons. The van der Waals surface area contributed by atoms with Crippen LogP contribution in [0, 0.1) is 6.92 Å². The molecule has 24 heavy (non-hydrogen) atoms. The van der Waals surface area contributed by atoms with E-state index in [2.05, 4.69) is 5.32 Å². The molecule has 2 aromatic carbocycles. The highest BCUT2D eigenvalue weighted by Crippen LogP contribution is 2.18. The van der Waals surface area contributed by atoms with E-state index >= 15 is 0 Å². The maximum Gasteiger partial charge on any atom is 0.244 e. The van der Waals surface area contributed by atoms with Gasteiger partial charge in [-0.25, -0.2) is 0 Å². The fourth-order valence-electron chi connectivity index (χ4n) is 2.32. The summed E-state index contributed by atoms with van der Waals surface area (Å²) < 4.78 is 0. The van der Waals surface area contributed by atoms with E-state index in [1.807, 2.05) is 31.2 Å². The lowest BCUT2D eigenvalue weighted by molar-refractivity contribution is -0.120. The Morgan fingerprint density at radius 3 is 2.33 bits per heavy atom. The number of para-hydroxylation sites is 1. The molecular formula is C19H20N2O3. The Balaban J connectivity index is 2.18. The standard InChI is InChI=1S/C19H20N2O3/c1-13-7-4-5-10-18(13)20-19(24)12-21(15(3)23)17-9-6-8-16(11-17)14(2)22/h4-11H,12H2,1-3H3,(H,20,24). The van der Waals surface area contributed by atoms with Crippen LogP contribution in [0.2, 0.25) is 0 Å². The number of carbonyl (C=O) groups excluding carboxylic acids is 3. The summed E-state index contributed by atoms with van der Waals surface area (Å²) in [4.78, 5) is 37.1. The SMILES string of the molecule is CC(=O)c1cccc(N(CC(=O)Nc2ccccc2C)C(C)=O)c1. The van der Waals surface area contributed by atoms with Crippen LogP contribution in [-0.2, 0) is 9.59 Å². The molecule has 0 aliphatic heterocycles. The summed E-state index contributed by atoms with van der Waals surface area (Å²) in [6.07, 6.45) is 0. The Morgan fingerprint density at radius 1 is 1.00 bits per heavy atom. The summed E-state index contributed by atoms with van der Waals surface area (Å²) in [5.41, 5.74) is 2.68. The van der Waals surface area contributed by atoms with Crippen molar-refractivity contribution < 1.29 is 14.4 Å². The Hall–Kier alpha value is -2.95. The normalized spacial score (nSPS) is 10.1. The van der Waals surface area contributed by atoms with E-state index < -0.39 is 0 Å². The van der Waals surface area contributed by atoms with E-state index in [0.29, 0.717) is 16.9 Å². The number of rotatable bonds is 5. The van der Waals surface area contributed by atoms with Gasteiger partial charge in [0.25, 0.3) is 0 Å². The van der Waals surface area contributed by atoms with E-state index in [-0.39, 0.29) is 24.1 Å². The van der Waals surface area contributed by atoms with Crippen molar-refractivity contribution in [2.45, 2.75) is 20.8 Å². The van der Waals surface area contributed by atoms with Gasteiger partial charge in [0.1, 0.15) is 6.54 Å². The fraction of sp³-hybridized carbons (Fsp3) is 0.211. The largest absolute Gasteiger partial charge is 0.324 e. The van der Waals surface area contributed by atoms with Gasteiger partial charge in [-0.2, -0.15) is 0 Å². The summed E-state index contributed by atoms with van der Waals surface area (Å²) in [7, 11) is 0. The van der Waals surface area contributed by atoms with Crippen molar-refractivity contribution in [1.82, 2.24) is 0 Å². The average Bonchev–Trinajstić information content (AvgIpc) is 2.54. The van der Waals surface area contributed by atoms with Crippen molar-refractivity contribution in [3.05, 3.63) is 59.7 Å². The van der Waals surface area contributed by atoms with Crippen molar-refractivity contribution in [3.8, 4) is 0 Å². The number of benzene rings is 2. The van der Waals surface area contributed by atoms with Crippen LogP contribution in [0.15, 0.2) is 48.5 Å². The number of nitrogens with zero attached hydrogens (tertiary/aromatic N) is 1. The number of ketones is 1. The molecule has 0 bridgehead atoms. The number of aryl methyl sites for hydroxylation is 1. The first-order chi connectivity index (χ1) is 11.4. The maximum absolute atomic E-state index is 12.3. The van der Waals surface area contributed by atoms with Gasteiger partial charge < -0.3 is 10.2 Å². The zero-order chi connectivity index (χ0) is 17.7. The van der Waals surface area contributed by atoms with Crippen LogP contribution in [0.25, 0.3) is 0 Å². The molecule has 0 aromatic heterocycles. The van der Waals surface area contributed by atoms with Gasteiger partial charge in [0.15, 0.2) is 5.78 Å². The molecule has 2 rings (SSSR count). The molecule has 124 valence electrons. The lowest BCUT2D eigenvalue weighted by atomic mass is 10.1. The highest BCUT2D eigenvalue weighted by atomic mass is 16.2. The zero-order valence-corrected chi connectivity index (χ0v) is 14.0. The van der Waals surface area contributed by atoms with Crippen LogP contribution >= 0.6 is 0 Å². The molecule has 0 saturated heterocycles. The van der Waals surface area contributed by atoms with Crippen LogP contribution in [-0.4, -0.2) is 24.1 Å². The Bertz CT molecular complexity index is 784. The first-order valence-corrected chi connectivity index (χ1v) is 7.63. The summed E-state index contributed by atoms with van der Waals surface area (Å²) in [6, 6.07) is 14.1. The minimum absolute atomic E-state index is 0.0929. The second-order valence-corrected chi connectivity index (χ2v) is 5.57. The molecule has 2 amide bonds. The van der Waals surface area contributed by atoms with Crippen LogP contribution in [0.5, 0.6) is 0 Å². The maximum atomic E-state index is 12.3. The molecule has 0 unspecified atom stereocenters. The summed E-state index contributed by atoms with van der Waals surface area (Å²) in [6.45, 7) is 4.63. The molecule has 0 spiro atoms. The molecule has 0 heterocycles. The van der Waals surface area contributed by atoms with Gasteiger partial charge in [0, 0.05) is 23.9 Å². The number of Topliss-reactive ketones (excluding diaryl/α,β-unsaturated/α-hetero) is 1. The van der Waals surface area contributed by atoms with Crippen molar-refractivity contribution in [2.24, 2.45) is 0 Å². The third-order valence-corrected chi connectivity index (χ3v) is 3.67. The first-order valence-electron chi connectivity index (χ1n) is 7.63. The fourth-order valence-corrected chi connectivity index (χ4v) is 2.32. The van der Waals surface area contributed by atoms with E-state index in [1.54, 1.807) is 24.3 Å². The number of carbonyl (C=O) groups is 3. The average molecular weight is 324 g/mol. The zero-order valence-electron chi connectivity index (χ0n) is 14.0. The van der Waals surface area contributed by atoms with Crippen LogP contribution in [0.1, 0.15) is 29.8 Å². The third kappa shape index (κ3) is 4.29. The van der Waals surface area contributed by atoms with E-state index in [1.165, 1.54) is 18.7 Å². The highest BCUT2D eigenvalue weighted by molar-refractivity contribution is 6.03. The van der Waals surface area contributed by atoms with Crippen molar-refractivity contribution in [1.29, 1.82) is 0 Å². The van der Waals surface area contributed by atoms with Gasteiger partial charge in [-0.15, -0.1) is 0 Å². The Kier molecular flexibility index (Phi) is 5.47. The molecule has 0 aliphatic carbocycles. The molecule has 0 aliphatic rings. The minimum Gasteiger partial charge on any atom is -0.324 e. The van der Waals surface area contributed by atoms with E-state index in [4.69, 9.17) is 0 Å². The second kappa shape index (κ2) is 7.55. The quantitative estimate of drug-likeness (QED) is 0.859. The first kappa shape index (κ1) is 17.4. The number of anilines is 2. The van der Waals surface area contributed by atoms with Gasteiger partial charge in [-0.1, -0.05) is 30.3 Å². The minimum atomic E-state index is -0.298. The van der Waals surface area contributed by atoms with Gasteiger partial charge in [-0.3, -0.25) is 14.4 Å². The molecule has 2 aromatic rings. The predicted molar refractivity (Wildman–Crippen MR) is 94.3 cm³/mol. The molecule has 0 atom stereocenters. The van der Waals surface area contributed by atoms with E-state index in [0.717, 1.165) is 5.56 Å². The van der Waals surface area contributed by atoms with Gasteiger partial charge in [0.2, 0.25) is 11.8 Å². The molecule has 5 heteroatoms. The number of hydrogen-bond acceptors (Lipinski definition) is 3. The molecule has 5 nitrogen and oxygen atoms in total. The van der Waals surface area contributed by atoms with Crippen LogP contribution in [0.4, 0.5) is 11.4 Å². The van der Waals surface area contributed by atoms with Crippen molar-refractivity contribution >= 4 is 29.0 Å². The highest BCUT2D eigenvalue weighted by Gasteiger charge is 2.17. The summed E-state index contributed by atoms with van der Waals surface area (Å²) >= 11 is 0. The monoisotopic (exact) mass is 324 g/mol. The molecule has 0 saturated carbocycles. The molecule has 0 fully saturated rings. The molecule has 1 N–H and O–H groups in total. The van der Waals surface area contributed by atoms with Crippen LogP contribution in [0.3, 0.4) is 0 Å². The van der Waals surface area contributed by atoms with E-state index in [9.17, 15) is 14.4 Å². The second-order valence-electron chi connectivity index (χ2n) is 5.57. The van der Waals surface area contributed by atoms with Gasteiger partial charge in [0.05, 0.1) is 0 Å². The van der Waals surface area contributed by atoms with Crippen molar-refractivity contribution in [2.75, 3.05) is 16.8 Å². The number of amides is 2. The molecular weight excluding hydrogens is 304 g/mol. The lowest BCUT2D eigenvalue weighted by Gasteiger charge is -2.21. The third-order valence-electron chi connectivity index (χ3n) is 3.67. The number of nitrogens with one attached hydrogen (secondary N) is 1. The van der Waals surface area contributed by atoms with Crippen LogP contribution < -0.4 is 10.2 Å². The Morgan fingerprint density at radius 2 is 1.71 bits per heavy atom. The summed E-state index contributed by atoms with van der Waals surface area (Å²) in [5.74, 6) is -0.659. The predicted octanol–water partition coefficient (Wildman–Crippen LogP) is 3.19. The number of hydrogen-bond donors (Lipinski definition) is 1. The smallest absolute Gasteiger partial charge is 0.244 e. The lowest BCUT2D eigenvalue weighted by Crippen LogP contribution is -2.36. The topological polar surface area (TPSA) is 66.5 Å². The summed E-state index contributed by atoms with van der Waals surface area (Å²) in [5, 5.41) is 2.80. The van der Waals surface area contributed by atoms with Crippen molar-refractivity contribution in [3.63, 3.8) is 0 Å². The van der Waals surface area contributed by atoms with Gasteiger partial charge in [-0.05, 0) is 37.6 Å². The van der Waals surface area contributed by atoms with Gasteiger partial charge >= 0.3 is 0 Å².